The van der Waals surface area contributed by atoms with Gasteiger partial charge in [-0.2, -0.15) is 13.2 Å². The minimum absolute atomic E-state index is 0.00695. The number of carbonyl (C=O) groups excluding carboxylic acids is 1. The summed E-state index contributed by atoms with van der Waals surface area (Å²) in [6.45, 7) is 0. The van der Waals surface area contributed by atoms with Crippen molar-refractivity contribution in [3.63, 3.8) is 0 Å². The minimum atomic E-state index is -5.20. The SMILES string of the molecule is O=C(Nc1c(F)cc(Br)cc1F)C(F)(F)F. The lowest BCUT2D eigenvalue weighted by molar-refractivity contribution is -0.167. The maximum atomic E-state index is 13.0. The first-order valence-corrected chi connectivity index (χ1v) is 4.54. The van der Waals surface area contributed by atoms with Gasteiger partial charge in [-0.05, 0) is 12.1 Å². The van der Waals surface area contributed by atoms with Gasteiger partial charge in [0.2, 0.25) is 0 Å². The maximum Gasteiger partial charge on any atom is 0.471 e. The molecule has 0 atom stereocenters. The summed E-state index contributed by atoms with van der Waals surface area (Å²) in [5, 5.41) is 1.11. The van der Waals surface area contributed by atoms with Gasteiger partial charge in [-0.1, -0.05) is 15.9 Å². The zero-order valence-electron chi connectivity index (χ0n) is 7.33. The Bertz CT molecular complexity index is 408. The Morgan fingerprint density at radius 3 is 2.00 bits per heavy atom. The number of nitrogens with one attached hydrogen (secondary N) is 1. The molecular formula is C8H3BrF5NO. The first-order valence-electron chi connectivity index (χ1n) is 3.74. The van der Waals surface area contributed by atoms with E-state index in [1.54, 1.807) is 0 Å². The molecule has 16 heavy (non-hydrogen) atoms. The summed E-state index contributed by atoms with van der Waals surface area (Å²) in [5.74, 6) is -5.04. The van der Waals surface area contributed by atoms with E-state index in [2.05, 4.69) is 15.9 Å². The van der Waals surface area contributed by atoms with Crippen molar-refractivity contribution in [2.24, 2.45) is 0 Å². The van der Waals surface area contributed by atoms with Gasteiger partial charge in [0.1, 0.15) is 5.69 Å². The van der Waals surface area contributed by atoms with Gasteiger partial charge in [0.25, 0.3) is 0 Å². The van der Waals surface area contributed by atoms with Crippen LogP contribution in [0.3, 0.4) is 0 Å². The lowest BCUT2D eigenvalue weighted by atomic mass is 10.3. The number of hydrogen-bond acceptors (Lipinski definition) is 1. The zero-order chi connectivity index (χ0) is 12.5. The van der Waals surface area contributed by atoms with Crippen LogP contribution in [-0.4, -0.2) is 12.1 Å². The fourth-order valence-electron chi connectivity index (χ4n) is 0.846. The third kappa shape index (κ3) is 2.91. The molecule has 0 radical (unpaired) electrons. The smallest absolute Gasteiger partial charge is 0.313 e. The zero-order valence-corrected chi connectivity index (χ0v) is 8.92. The number of anilines is 1. The quantitative estimate of drug-likeness (QED) is 0.793. The molecule has 0 saturated heterocycles. The van der Waals surface area contributed by atoms with Crippen molar-refractivity contribution in [1.29, 1.82) is 0 Å². The van der Waals surface area contributed by atoms with E-state index in [-0.39, 0.29) is 4.47 Å². The number of benzene rings is 1. The number of alkyl halides is 3. The third-order valence-corrected chi connectivity index (χ3v) is 1.96. The van der Waals surface area contributed by atoms with Gasteiger partial charge in [-0.25, -0.2) is 8.78 Å². The summed E-state index contributed by atoms with van der Waals surface area (Å²) < 4.78 is 61.5. The average molecular weight is 304 g/mol. The van der Waals surface area contributed by atoms with Gasteiger partial charge < -0.3 is 5.32 Å². The Balaban J connectivity index is 3.03. The number of hydrogen-bond donors (Lipinski definition) is 1. The van der Waals surface area contributed by atoms with Crippen LogP contribution in [0.2, 0.25) is 0 Å². The molecule has 0 fully saturated rings. The molecule has 0 aliphatic heterocycles. The molecule has 0 heterocycles. The monoisotopic (exact) mass is 303 g/mol. The Morgan fingerprint density at radius 1 is 1.19 bits per heavy atom. The molecule has 0 saturated carbocycles. The Hall–Kier alpha value is -1.18. The third-order valence-electron chi connectivity index (χ3n) is 1.50. The molecule has 1 aromatic rings. The number of rotatable bonds is 1. The summed E-state index contributed by atoms with van der Waals surface area (Å²) in [7, 11) is 0. The Kier molecular flexibility index (Phi) is 3.51. The molecule has 0 unspecified atom stereocenters. The van der Waals surface area contributed by atoms with Crippen LogP contribution in [0.1, 0.15) is 0 Å². The van der Waals surface area contributed by atoms with E-state index >= 15 is 0 Å². The predicted molar refractivity (Wildman–Crippen MR) is 48.7 cm³/mol. The molecule has 0 aliphatic rings. The molecule has 88 valence electrons. The Labute approximate surface area is 94.6 Å². The summed E-state index contributed by atoms with van der Waals surface area (Å²) >= 11 is 2.74. The lowest BCUT2D eigenvalue weighted by Crippen LogP contribution is -2.30. The van der Waals surface area contributed by atoms with E-state index in [4.69, 9.17) is 0 Å². The fourth-order valence-corrected chi connectivity index (χ4v) is 1.25. The highest BCUT2D eigenvalue weighted by molar-refractivity contribution is 9.10. The second kappa shape index (κ2) is 4.36. The van der Waals surface area contributed by atoms with Crippen molar-refractivity contribution >= 4 is 27.5 Å². The van der Waals surface area contributed by atoms with E-state index < -0.39 is 29.4 Å². The van der Waals surface area contributed by atoms with Gasteiger partial charge in [0.15, 0.2) is 11.6 Å². The van der Waals surface area contributed by atoms with Crippen LogP contribution in [0.25, 0.3) is 0 Å². The molecule has 8 heteroatoms. The molecule has 1 rings (SSSR count). The fraction of sp³-hybridized carbons (Fsp3) is 0.125. The average Bonchev–Trinajstić information content (AvgIpc) is 2.08. The van der Waals surface area contributed by atoms with Gasteiger partial charge in [0, 0.05) is 4.47 Å². The van der Waals surface area contributed by atoms with Crippen molar-refractivity contribution in [2.75, 3.05) is 5.32 Å². The Morgan fingerprint density at radius 2 is 1.62 bits per heavy atom. The van der Waals surface area contributed by atoms with Crippen molar-refractivity contribution in [2.45, 2.75) is 6.18 Å². The summed E-state index contributed by atoms with van der Waals surface area (Å²) in [5.41, 5.74) is -1.13. The number of halogens is 6. The van der Waals surface area contributed by atoms with E-state index in [0.717, 1.165) is 17.4 Å². The molecule has 1 aromatic carbocycles. The van der Waals surface area contributed by atoms with Crippen LogP contribution < -0.4 is 5.32 Å². The summed E-state index contributed by atoms with van der Waals surface area (Å²) in [6, 6.07) is 1.46. The second-order valence-electron chi connectivity index (χ2n) is 2.70. The van der Waals surface area contributed by atoms with Crippen LogP contribution in [-0.2, 0) is 4.79 Å². The lowest BCUT2D eigenvalue weighted by Gasteiger charge is -2.09. The molecule has 0 bridgehead atoms. The molecule has 0 aliphatic carbocycles. The topological polar surface area (TPSA) is 29.1 Å². The molecule has 1 N–H and O–H groups in total. The van der Waals surface area contributed by atoms with Crippen LogP contribution in [0, 0.1) is 11.6 Å². The molecule has 0 aromatic heterocycles. The second-order valence-corrected chi connectivity index (χ2v) is 3.61. The highest BCUT2D eigenvalue weighted by atomic mass is 79.9. The van der Waals surface area contributed by atoms with Crippen molar-refractivity contribution < 1.29 is 26.7 Å². The highest BCUT2D eigenvalue weighted by Crippen LogP contribution is 2.25. The largest absolute Gasteiger partial charge is 0.471 e. The minimum Gasteiger partial charge on any atom is -0.313 e. The standard InChI is InChI=1S/C8H3BrF5NO/c9-3-1-4(10)6(5(11)2-3)15-7(16)8(12,13)14/h1-2H,(H,15,16). The van der Waals surface area contributed by atoms with Crippen LogP contribution >= 0.6 is 15.9 Å². The maximum absolute atomic E-state index is 13.0. The van der Waals surface area contributed by atoms with Crippen molar-refractivity contribution in [1.82, 2.24) is 0 Å². The molecule has 1 amide bonds. The van der Waals surface area contributed by atoms with Gasteiger partial charge in [0.05, 0.1) is 0 Å². The van der Waals surface area contributed by atoms with Crippen LogP contribution in [0.4, 0.5) is 27.6 Å². The summed E-state index contributed by atoms with van der Waals surface area (Å²) in [4.78, 5) is 10.4. The van der Waals surface area contributed by atoms with Crippen LogP contribution in [0.5, 0.6) is 0 Å². The first-order chi connectivity index (χ1) is 7.21. The van der Waals surface area contributed by atoms with E-state index in [0.29, 0.717) is 0 Å². The summed E-state index contributed by atoms with van der Waals surface area (Å²) in [6.07, 6.45) is -5.20. The predicted octanol–water partition coefficient (Wildman–Crippen LogP) is 3.23. The molecule has 0 spiro atoms. The van der Waals surface area contributed by atoms with E-state index in [1.807, 2.05) is 0 Å². The normalized spacial score (nSPS) is 11.4. The van der Waals surface area contributed by atoms with E-state index in [9.17, 15) is 26.7 Å². The van der Waals surface area contributed by atoms with Gasteiger partial charge in [-0.15, -0.1) is 0 Å². The van der Waals surface area contributed by atoms with E-state index in [1.165, 1.54) is 0 Å². The van der Waals surface area contributed by atoms with Crippen molar-refractivity contribution in [3.05, 3.63) is 28.2 Å². The number of carbonyl (C=O) groups is 1. The van der Waals surface area contributed by atoms with Crippen molar-refractivity contribution in [3.8, 4) is 0 Å². The first kappa shape index (κ1) is 12.9. The molecule has 2 nitrogen and oxygen atoms in total. The van der Waals surface area contributed by atoms with Gasteiger partial charge >= 0.3 is 12.1 Å². The molecular weight excluding hydrogens is 301 g/mol. The van der Waals surface area contributed by atoms with Gasteiger partial charge in [-0.3, -0.25) is 4.79 Å². The number of amides is 1. The van der Waals surface area contributed by atoms with Crippen LogP contribution in [0.15, 0.2) is 16.6 Å². The highest BCUT2D eigenvalue weighted by Gasteiger charge is 2.39.